The van der Waals surface area contributed by atoms with Gasteiger partial charge in [0.25, 0.3) is 0 Å². The fourth-order valence-electron chi connectivity index (χ4n) is 2.01. The second-order valence-corrected chi connectivity index (χ2v) is 4.94. The van der Waals surface area contributed by atoms with E-state index in [-0.39, 0.29) is 0 Å². The van der Waals surface area contributed by atoms with Crippen molar-refractivity contribution >= 4 is 21.7 Å². The van der Waals surface area contributed by atoms with E-state index in [0.717, 1.165) is 23.0 Å². The highest BCUT2D eigenvalue weighted by molar-refractivity contribution is 9.10. The fraction of sp³-hybridized carbons (Fsp3) is 0.636. The lowest BCUT2D eigenvalue weighted by Crippen LogP contribution is -2.37. The van der Waals surface area contributed by atoms with Crippen LogP contribution in [-0.4, -0.2) is 30.3 Å². The third-order valence-corrected chi connectivity index (χ3v) is 4.12. The number of aromatic nitrogens is 2. The van der Waals surface area contributed by atoms with Crippen molar-refractivity contribution in [1.82, 2.24) is 9.97 Å². The molecule has 0 radical (unpaired) electrons. The molecule has 0 amide bonds. The molecule has 1 aliphatic rings. The smallest absolute Gasteiger partial charge is 0.163 e. The first-order valence-electron chi connectivity index (χ1n) is 5.52. The second kappa shape index (κ2) is 4.88. The summed E-state index contributed by atoms with van der Waals surface area (Å²) in [5, 5.41) is 0. The number of nitrogens with zero attached hydrogens (tertiary/aromatic N) is 2. The van der Waals surface area contributed by atoms with Crippen LogP contribution in [0.5, 0.6) is 0 Å². The zero-order chi connectivity index (χ0) is 12.5. The van der Waals surface area contributed by atoms with Crippen molar-refractivity contribution in [2.75, 3.05) is 26.1 Å². The number of hydrogen-bond acceptors (Lipinski definition) is 5. The van der Waals surface area contributed by atoms with Crippen LogP contribution in [0.2, 0.25) is 0 Å². The average Bonchev–Trinajstić information content (AvgIpc) is 2.36. The maximum atomic E-state index is 5.86. The van der Waals surface area contributed by atoms with Gasteiger partial charge in [0, 0.05) is 33.2 Å². The van der Waals surface area contributed by atoms with E-state index >= 15 is 0 Å². The van der Waals surface area contributed by atoms with Crippen molar-refractivity contribution in [3.8, 4) is 0 Å². The molecule has 0 aliphatic carbocycles. The van der Waals surface area contributed by atoms with Crippen molar-refractivity contribution in [1.29, 1.82) is 0 Å². The van der Waals surface area contributed by atoms with Gasteiger partial charge in [0.05, 0.1) is 10.2 Å². The summed E-state index contributed by atoms with van der Waals surface area (Å²) in [4.78, 5) is 8.82. The summed E-state index contributed by atoms with van der Waals surface area (Å²) in [5.41, 5.74) is 6.23. The molecular weight excluding hydrogens is 286 g/mol. The summed E-state index contributed by atoms with van der Waals surface area (Å²) in [7, 11) is 1.68. The largest absolute Gasteiger partial charge is 0.383 e. The summed E-state index contributed by atoms with van der Waals surface area (Å²) in [6, 6.07) is 0. The minimum atomic E-state index is -0.460. The molecule has 2 N–H and O–H groups in total. The van der Waals surface area contributed by atoms with Crippen LogP contribution in [0, 0.1) is 6.92 Å². The molecule has 0 saturated carbocycles. The van der Waals surface area contributed by atoms with Crippen LogP contribution in [0.1, 0.15) is 24.4 Å². The van der Waals surface area contributed by atoms with Crippen molar-refractivity contribution in [2.45, 2.75) is 25.4 Å². The Labute approximate surface area is 109 Å². The number of methoxy groups -OCH3 is 1. The quantitative estimate of drug-likeness (QED) is 0.902. The summed E-state index contributed by atoms with van der Waals surface area (Å²) < 4.78 is 11.7. The zero-order valence-corrected chi connectivity index (χ0v) is 11.6. The van der Waals surface area contributed by atoms with E-state index in [9.17, 15) is 0 Å². The van der Waals surface area contributed by atoms with Gasteiger partial charge in [-0.15, -0.1) is 0 Å². The molecule has 2 heterocycles. The Morgan fingerprint density at radius 3 is 2.53 bits per heavy atom. The molecule has 94 valence electrons. The third kappa shape index (κ3) is 2.29. The Balaban J connectivity index is 2.43. The lowest BCUT2D eigenvalue weighted by molar-refractivity contribution is -0.1000. The molecule has 0 atom stereocenters. The molecule has 0 aromatic carbocycles. The van der Waals surface area contributed by atoms with Gasteiger partial charge in [0.1, 0.15) is 11.4 Å². The van der Waals surface area contributed by atoms with Gasteiger partial charge in [-0.25, -0.2) is 9.97 Å². The summed E-state index contributed by atoms with van der Waals surface area (Å²) >= 11 is 3.36. The molecule has 0 spiro atoms. The highest BCUT2D eigenvalue weighted by Crippen LogP contribution is 2.35. The first-order chi connectivity index (χ1) is 8.09. The maximum Gasteiger partial charge on any atom is 0.163 e. The van der Waals surface area contributed by atoms with Crippen LogP contribution in [0.15, 0.2) is 4.47 Å². The lowest BCUT2D eigenvalue weighted by atomic mass is 9.93. The number of ether oxygens (including phenoxy) is 2. The van der Waals surface area contributed by atoms with Crippen LogP contribution < -0.4 is 5.73 Å². The van der Waals surface area contributed by atoms with E-state index in [1.165, 1.54) is 0 Å². The van der Waals surface area contributed by atoms with E-state index in [1.54, 1.807) is 7.11 Å². The van der Waals surface area contributed by atoms with Gasteiger partial charge in [0.15, 0.2) is 5.82 Å². The molecular formula is C11H16BrN3O2. The van der Waals surface area contributed by atoms with Gasteiger partial charge >= 0.3 is 0 Å². The van der Waals surface area contributed by atoms with Gasteiger partial charge < -0.3 is 15.2 Å². The number of nitrogen functional groups attached to an aromatic ring is 1. The van der Waals surface area contributed by atoms with Crippen LogP contribution >= 0.6 is 15.9 Å². The number of rotatable bonds is 2. The molecule has 2 rings (SSSR count). The number of hydrogen-bond donors (Lipinski definition) is 1. The third-order valence-electron chi connectivity index (χ3n) is 3.14. The standard InChI is InChI=1S/C11H16BrN3O2/c1-7-8(12)9(13)15-10(14-7)11(16-2)3-5-17-6-4-11/h3-6H2,1-2H3,(H2,13,14,15). The fourth-order valence-corrected chi connectivity index (χ4v) is 2.18. The van der Waals surface area contributed by atoms with E-state index in [1.807, 2.05) is 6.92 Å². The first kappa shape index (κ1) is 12.7. The summed E-state index contributed by atoms with van der Waals surface area (Å²) in [6.07, 6.45) is 1.51. The van der Waals surface area contributed by atoms with Gasteiger partial charge in [0.2, 0.25) is 0 Å². The molecule has 5 nitrogen and oxygen atoms in total. The predicted octanol–water partition coefficient (Wildman–Crippen LogP) is 1.78. The van der Waals surface area contributed by atoms with Gasteiger partial charge in [-0.2, -0.15) is 0 Å². The van der Waals surface area contributed by atoms with Crippen molar-refractivity contribution in [2.24, 2.45) is 0 Å². The molecule has 17 heavy (non-hydrogen) atoms. The predicted molar refractivity (Wildman–Crippen MR) is 67.6 cm³/mol. The van der Waals surface area contributed by atoms with E-state index < -0.39 is 5.60 Å². The SMILES string of the molecule is COC1(c2nc(C)c(Br)c(N)n2)CCOCC1. The lowest BCUT2D eigenvalue weighted by Gasteiger charge is -2.34. The van der Waals surface area contributed by atoms with Gasteiger partial charge in [-0.3, -0.25) is 0 Å². The maximum absolute atomic E-state index is 5.86. The molecule has 1 fully saturated rings. The molecule has 6 heteroatoms. The molecule has 1 aromatic rings. The molecule has 1 aromatic heterocycles. The monoisotopic (exact) mass is 301 g/mol. The molecule has 1 aliphatic heterocycles. The minimum absolute atomic E-state index is 0.454. The van der Waals surface area contributed by atoms with Gasteiger partial charge in [-0.05, 0) is 22.9 Å². The van der Waals surface area contributed by atoms with Crippen molar-refractivity contribution < 1.29 is 9.47 Å². The van der Waals surface area contributed by atoms with Crippen LogP contribution in [0.4, 0.5) is 5.82 Å². The highest BCUT2D eigenvalue weighted by atomic mass is 79.9. The topological polar surface area (TPSA) is 70.3 Å². The van der Waals surface area contributed by atoms with Crippen molar-refractivity contribution in [3.63, 3.8) is 0 Å². The Hall–Kier alpha value is -0.720. The van der Waals surface area contributed by atoms with Crippen molar-refractivity contribution in [3.05, 3.63) is 16.0 Å². The van der Waals surface area contributed by atoms with Crippen LogP contribution in [-0.2, 0) is 15.1 Å². The van der Waals surface area contributed by atoms with E-state index in [0.29, 0.717) is 24.9 Å². The van der Waals surface area contributed by atoms with Crippen LogP contribution in [0.25, 0.3) is 0 Å². The number of anilines is 1. The van der Waals surface area contributed by atoms with E-state index in [2.05, 4.69) is 25.9 Å². The van der Waals surface area contributed by atoms with Crippen LogP contribution in [0.3, 0.4) is 0 Å². The zero-order valence-electron chi connectivity index (χ0n) is 9.99. The Bertz CT molecular complexity index is 396. The minimum Gasteiger partial charge on any atom is -0.383 e. The molecule has 0 unspecified atom stereocenters. The number of halogens is 1. The Morgan fingerprint density at radius 1 is 1.35 bits per heavy atom. The number of aryl methyl sites for hydroxylation is 1. The normalized spacial score (nSPS) is 19.2. The second-order valence-electron chi connectivity index (χ2n) is 4.14. The van der Waals surface area contributed by atoms with Gasteiger partial charge in [-0.1, -0.05) is 0 Å². The highest BCUT2D eigenvalue weighted by Gasteiger charge is 2.38. The summed E-state index contributed by atoms with van der Waals surface area (Å²) in [5.74, 6) is 1.11. The number of nitrogens with two attached hydrogens (primary N) is 1. The van der Waals surface area contributed by atoms with E-state index in [4.69, 9.17) is 15.2 Å². The summed E-state index contributed by atoms with van der Waals surface area (Å²) in [6.45, 7) is 3.22. The average molecular weight is 302 g/mol. The first-order valence-corrected chi connectivity index (χ1v) is 6.31. The molecule has 0 bridgehead atoms. The Kier molecular flexibility index (Phi) is 3.65. The molecule has 1 saturated heterocycles. The Morgan fingerprint density at radius 2 is 2.00 bits per heavy atom.